The number of rotatable bonds is 4. The van der Waals surface area contributed by atoms with Gasteiger partial charge in [0.05, 0.1) is 23.6 Å². The minimum atomic E-state index is -0.210. The van der Waals surface area contributed by atoms with E-state index in [1.54, 1.807) is 10.7 Å². The molecule has 0 aliphatic carbocycles. The van der Waals surface area contributed by atoms with Crippen LogP contribution in [0.25, 0.3) is 16.6 Å². The summed E-state index contributed by atoms with van der Waals surface area (Å²) in [6, 6.07) is 7.49. The van der Waals surface area contributed by atoms with Crippen molar-refractivity contribution in [3.8, 4) is 0 Å². The number of hydrogen-bond acceptors (Lipinski definition) is 3. The summed E-state index contributed by atoms with van der Waals surface area (Å²) < 4.78 is 3.25. The molecule has 0 radical (unpaired) electrons. The molecule has 3 aromatic rings. The molecule has 1 N–H and O–H groups in total. The van der Waals surface area contributed by atoms with E-state index in [-0.39, 0.29) is 18.0 Å². The van der Waals surface area contributed by atoms with Crippen LogP contribution in [0.4, 0.5) is 0 Å². The Morgan fingerprint density at radius 1 is 1.24 bits per heavy atom. The minimum absolute atomic E-state index is 0.0149. The smallest absolute Gasteiger partial charge is 0.277 e. The maximum Gasteiger partial charge on any atom is 0.277 e. The summed E-state index contributed by atoms with van der Waals surface area (Å²) in [5.41, 5.74) is 1.84. The van der Waals surface area contributed by atoms with Crippen molar-refractivity contribution in [2.75, 3.05) is 6.54 Å². The number of benzene rings is 1. The van der Waals surface area contributed by atoms with Crippen LogP contribution in [-0.2, 0) is 11.3 Å². The lowest BCUT2D eigenvalue weighted by atomic mass is 10.2. The lowest BCUT2D eigenvalue weighted by Gasteiger charge is -2.12. The third kappa shape index (κ3) is 2.29. The lowest BCUT2D eigenvalue weighted by Crippen LogP contribution is -2.33. The van der Waals surface area contributed by atoms with Crippen molar-refractivity contribution in [1.29, 1.82) is 0 Å². The minimum Gasteiger partial charge on any atom is -0.355 e. The van der Waals surface area contributed by atoms with E-state index in [9.17, 15) is 9.59 Å². The summed E-state index contributed by atoms with van der Waals surface area (Å²) in [4.78, 5) is 28.5. The van der Waals surface area contributed by atoms with Crippen molar-refractivity contribution in [3.05, 3.63) is 47.1 Å². The molecule has 0 aliphatic rings. The SMILES string of the molecule is CCCNC(=O)Cn1c(=O)c2cncn2c2ccccc21. The van der Waals surface area contributed by atoms with Gasteiger partial charge in [-0.2, -0.15) is 0 Å². The van der Waals surface area contributed by atoms with E-state index in [1.807, 2.05) is 31.2 Å². The molecule has 108 valence electrons. The molecule has 0 bridgehead atoms. The summed E-state index contributed by atoms with van der Waals surface area (Å²) in [6.45, 7) is 2.61. The Morgan fingerprint density at radius 3 is 2.76 bits per heavy atom. The first kappa shape index (κ1) is 13.4. The van der Waals surface area contributed by atoms with E-state index < -0.39 is 0 Å². The van der Waals surface area contributed by atoms with Crippen LogP contribution in [0.1, 0.15) is 13.3 Å². The largest absolute Gasteiger partial charge is 0.355 e. The molecule has 2 heterocycles. The van der Waals surface area contributed by atoms with Gasteiger partial charge in [0.2, 0.25) is 5.91 Å². The molecule has 0 atom stereocenters. The molecule has 0 aliphatic heterocycles. The highest BCUT2D eigenvalue weighted by molar-refractivity contribution is 5.82. The van der Waals surface area contributed by atoms with Crippen molar-refractivity contribution in [2.45, 2.75) is 19.9 Å². The molecular weight excluding hydrogens is 268 g/mol. The average Bonchev–Trinajstić information content (AvgIpc) is 2.99. The number of fused-ring (bicyclic) bond motifs is 3. The Labute approximate surface area is 121 Å². The second kappa shape index (κ2) is 5.40. The summed E-state index contributed by atoms with van der Waals surface area (Å²) in [6.07, 6.45) is 4.00. The Bertz CT molecular complexity index is 863. The van der Waals surface area contributed by atoms with E-state index in [2.05, 4.69) is 10.3 Å². The van der Waals surface area contributed by atoms with Crippen LogP contribution >= 0.6 is 0 Å². The molecule has 0 spiro atoms. The fourth-order valence-corrected chi connectivity index (χ4v) is 2.41. The molecule has 6 nitrogen and oxygen atoms in total. The van der Waals surface area contributed by atoms with Gasteiger partial charge in [-0.25, -0.2) is 4.98 Å². The molecular formula is C15H16N4O2. The third-order valence-electron chi connectivity index (χ3n) is 3.41. The molecule has 2 aromatic heterocycles. The number of carbonyl (C=O) groups is 1. The quantitative estimate of drug-likeness (QED) is 0.782. The topological polar surface area (TPSA) is 68.4 Å². The van der Waals surface area contributed by atoms with Crippen LogP contribution in [0, 0.1) is 0 Å². The predicted molar refractivity (Wildman–Crippen MR) is 80.3 cm³/mol. The second-order valence-corrected chi connectivity index (χ2v) is 4.88. The number of imidazole rings is 1. The number of amides is 1. The number of hydrogen-bond donors (Lipinski definition) is 1. The lowest BCUT2D eigenvalue weighted by molar-refractivity contribution is -0.121. The van der Waals surface area contributed by atoms with E-state index in [0.29, 0.717) is 12.1 Å². The molecule has 1 amide bonds. The van der Waals surface area contributed by atoms with E-state index in [4.69, 9.17) is 0 Å². The Hall–Kier alpha value is -2.63. The number of nitrogens with zero attached hydrogens (tertiary/aromatic N) is 3. The van der Waals surface area contributed by atoms with Gasteiger partial charge in [-0.3, -0.25) is 18.6 Å². The van der Waals surface area contributed by atoms with Crippen LogP contribution in [0.15, 0.2) is 41.6 Å². The van der Waals surface area contributed by atoms with Gasteiger partial charge in [0.15, 0.2) is 0 Å². The summed E-state index contributed by atoms with van der Waals surface area (Å²) in [7, 11) is 0. The Morgan fingerprint density at radius 2 is 2.00 bits per heavy atom. The van der Waals surface area contributed by atoms with Crippen LogP contribution in [0.2, 0.25) is 0 Å². The van der Waals surface area contributed by atoms with Crippen LogP contribution < -0.4 is 10.9 Å². The molecule has 1 aromatic carbocycles. The first-order valence-electron chi connectivity index (χ1n) is 6.92. The van der Waals surface area contributed by atoms with Crippen LogP contribution in [0.3, 0.4) is 0 Å². The Balaban J connectivity index is 2.17. The first-order valence-corrected chi connectivity index (χ1v) is 6.92. The van der Waals surface area contributed by atoms with E-state index >= 15 is 0 Å². The first-order chi connectivity index (χ1) is 10.2. The number of aromatic nitrogens is 3. The predicted octanol–water partition coefficient (Wildman–Crippen LogP) is 1.18. The van der Waals surface area contributed by atoms with Crippen LogP contribution in [0.5, 0.6) is 0 Å². The standard InChI is InChI=1S/C15H16N4O2/c1-2-7-17-14(20)9-18-11-5-3-4-6-12(11)19-10-16-8-13(19)15(18)21/h3-6,8,10H,2,7,9H2,1H3,(H,17,20). The van der Waals surface area contributed by atoms with Crippen molar-refractivity contribution < 1.29 is 4.79 Å². The van der Waals surface area contributed by atoms with Gasteiger partial charge >= 0.3 is 0 Å². The van der Waals surface area contributed by atoms with Crippen molar-refractivity contribution >= 4 is 22.5 Å². The molecule has 0 saturated heterocycles. The molecule has 0 saturated carbocycles. The van der Waals surface area contributed by atoms with Gasteiger partial charge in [0.1, 0.15) is 12.1 Å². The number of nitrogens with one attached hydrogen (secondary N) is 1. The highest BCUT2D eigenvalue weighted by Gasteiger charge is 2.12. The molecule has 3 rings (SSSR count). The highest BCUT2D eigenvalue weighted by Crippen LogP contribution is 2.13. The zero-order valence-corrected chi connectivity index (χ0v) is 11.7. The zero-order chi connectivity index (χ0) is 14.8. The number of para-hydroxylation sites is 2. The van der Waals surface area contributed by atoms with Gasteiger partial charge in [-0.1, -0.05) is 19.1 Å². The van der Waals surface area contributed by atoms with Gasteiger partial charge in [-0.05, 0) is 18.6 Å². The van der Waals surface area contributed by atoms with Crippen molar-refractivity contribution in [2.24, 2.45) is 0 Å². The summed E-state index contributed by atoms with van der Waals surface area (Å²) in [5.74, 6) is -0.159. The van der Waals surface area contributed by atoms with E-state index in [0.717, 1.165) is 17.5 Å². The highest BCUT2D eigenvalue weighted by atomic mass is 16.2. The fourth-order valence-electron chi connectivity index (χ4n) is 2.41. The van der Waals surface area contributed by atoms with Crippen molar-refractivity contribution in [1.82, 2.24) is 19.3 Å². The van der Waals surface area contributed by atoms with Gasteiger partial charge in [-0.15, -0.1) is 0 Å². The Kier molecular flexibility index (Phi) is 3.43. The normalized spacial score (nSPS) is 11.1. The monoisotopic (exact) mass is 284 g/mol. The maximum absolute atomic E-state index is 12.5. The third-order valence-corrected chi connectivity index (χ3v) is 3.41. The van der Waals surface area contributed by atoms with Crippen LogP contribution in [-0.4, -0.2) is 26.4 Å². The molecule has 0 unspecified atom stereocenters. The van der Waals surface area contributed by atoms with Gasteiger partial charge < -0.3 is 5.32 Å². The van der Waals surface area contributed by atoms with Crippen molar-refractivity contribution in [3.63, 3.8) is 0 Å². The molecule has 0 fully saturated rings. The second-order valence-electron chi connectivity index (χ2n) is 4.88. The van der Waals surface area contributed by atoms with Gasteiger partial charge in [0, 0.05) is 6.54 Å². The zero-order valence-electron chi connectivity index (χ0n) is 11.7. The number of carbonyl (C=O) groups excluding carboxylic acids is 1. The van der Waals surface area contributed by atoms with Gasteiger partial charge in [0.25, 0.3) is 5.56 Å². The maximum atomic E-state index is 12.5. The van der Waals surface area contributed by atoms with E-state index in [1.165, 1.54) is 10.8 Å². The fraction of sp³-hybridized carbons (Fsp3) is 0.267. The average molecular weight is 284 g/mol. The summed E-state index contributed by atoms with van der Waals surface area (Å²) in [5, 5.41) is 2.79. The molecule has 6 heteroatoms. The summed E-state index contributed by atoms with van der Waals surface area (Å²) >= 11 is 0. The molecule has 21 heavy (non-hydrogen) atoms.